The third kappa shape index (κ3) is 8.93. The van der Waals surface area contributed by atoms with Crippen LogP contribution in [0.25, 0.3) is 38.9 Å². The number of carbonyl (C=O) groups excluding carboxylic acids is 1. The van der Waals surface area contributed by atoms with Crippen LogP contribution in [0.5, 0.6) is 0 Å². The van der Waals surface area contributed by atoms with E-state index < -0.39 is 81.7 Å². The Hall–Kier alpha value is -6.49. The number of rotatable bonds is 10. The Balaban J connectivity index is 1.50. The Bertz CT molecular complexity index is 3090. The average Bonchev–Trinajstić information content (AvgIpc) is 3.72. The number of sulfonamides is 1. The van der Waals surface area contributed by atoms with E-state index in [0.717, 1.165) is 23.0 Å². The van der Waals surface area contributed by atoms with Crippen LogP contribution in [0.15, 0.2) is 65.5 Å². The van der Waals surface area contributed by atoms with E-state index in [0.29, 0.717) is 23.0 Å². The number of hydrogen-bond acceptors (Lipinski definition) is 9. The molecular weight excluding hydrogens is 880 g/mol. The smallest absolute Gasteiger partial charge is 0.344 e. The maximum Gasteiger partial charge on any atom is 0.435 e. The molecule has 62 heavy (non-hydrogen) atoms. The minimum Gasteiger partial charge on any atom is -0.344 e. The van der Waals surface area contributed by atoms with Gasteiger partial charge in [0.15, 0.2) is 17.3 Å². The van der Waals surface area contributed by atoms with Crippen LogP contribution in [-0.2, 0) is 47.2 Å². The molecule has 14 nitrogen and oxygen atoms in total. The molecule has 0 aliphatic rings. The summed E-state index contributed by atoms with van der Waals surface area (Å²) >= 11 is 6.57. The van der Waals surface area contributed by atoms with Crippen LogP contribution in [0, 0.1) is 25.5 Å². The number of aromatic nitrogens is 8. The van der Waals surface area contributed by atoms with Crippen molar-refractivity contribution in [3.63, 3.8) is 0 Å². The van der Waals surface area contributed by atoms with Gasteiger partial charge >= 0.3 is 12.4 Å². The van der Waals surface area contributed by atoms with Gasteiger partial charge < -0.3 is 5.32 Å². The molecule has 3 aromatic carbocycles. The van der Waals surface area contributed by atoms with Crippen molar-refractivity contribution >= 4 is 55.2 Å². The quantitative estimate of drug-likeness (QED) is 0.137. The van der Waals surface area contributed by atoms with Crippen molar-refractivity contribution in [1.82, 2.24) is 44.4 Å². The Morgan fingerprint density at radius 1 is 0.871 bits per heavy atom. The third-order valence-corrected chi connectivity index (χ3v) is 10.1. The summed E-state index contributed by atoms with van der Waals surface area (Å²) in [4.78, 5) is 42.4. The number of carbonyl (C=O) groups is 1. The second-order valence-corrected chi connectivity index (χ2v) is 16.3. The maximum atomic E-state index is 14.9. The Kier molecular flexibility index (Phi) is 11.1. The Morgan fingerprint density at radius 3 is 2.15 bits per heavy atom. The largest absolute Gasteiger partial charge is 0.435 e. The highest BCUT2D eigenvalue weighted by molar-refractivity contribution is 7.92. The normalized spacial score (nSPS) is 12.9. The minimum absolute atomic E-state index is 0.0102. The molecule has 1 amide bonds. The molecule has 0 unspecified atom stereocenters. The molecule has 0 saturated carbocycles. The highest BCUT2D eigenvalue weighted by atomic mass is 35.5. The van der Waals surface area contributed by atoms with Gasteiger partial charge in [0.25, 0.3) is 5.56 Å². The van der Waals surface area contributed by atoms with Gasteiger partial charge in [-0.15, -0.1) is 0 Å². The van der Waals surface area contributed by atoms with Crippen LogP contribution in [0.2, 0.25) is 5.02 Å². The van der Waals surface area contributed by atoms with Gasteiger partial charge in [-0.3, -0.25) is 28.2 Å². The molecule has 0 fully saturated rings. The first-order valence-corrected chi connectivity index (χ1v) is 20.1. The zero-order chi connectivity index (χ0) is 45.2. The lowest BCUT2D eigenvalue weighted by Crippen LogP contribution is -2.38. The summed E-state index contributed by atoms with van der Waals surface area (Å²) in [6.07, 6.45) is -10.5. The highest BCUT2D eigenvalue weighted by Gasteiger charge is 2.42. The van der Waals surface area contributed by atoms with Crippen molar-refractivity contribution < 1.29 is 48.3 Å². The van der Waals surface area contributed by atoms with E-state index in [2.05, 4.69) is 30.2 Å². The fourth-order valence-corrected chi connectivity index (χ4v) is 7.64. The van der Waals surface area contributed by atoms with Gasteiger partial charge in [-0.05, 0) is 61.9 Å². The molecule has 7 aromatic rings. The van der Waals surface area contributed by atoms with E-state index in [-0.39, 0.29) is 60.5 Å². The van der Waals surface area contributed by atoms with Crippen LogP contribution >= 0.6 is 11.6 Å². The molecule has 0 aliphatic heterocycles. The number of aryl methyl sites for hydroxylation is 3. The Labute approximate surface area is 349 Å². The number of fused-ring (bicyclic) bond motifs is 2. The van der Waals surface area contributed by atoms with E-state index >= 15 is 0 Å². The van der Waals surface area contributed by atoms with E-state index in [1.165, 1.54) is 42.1 Å². The van der Waals surface area contributed by atoms with Crippen LogP contribution in [0.1, 0.15) is 40.2 Å². The van der Waals surface area contributed by atoms with Gasteiger partial charge in [0.1, 0.15) is 29.7 Å². The summed E-state index contributed by atoms with van der Waals surface area (Å²) < 4.78 is 141. The van der Waals surface area contributed by atoms with Crippen LogP contribution < -0.4 is 15.6 Å². The fraction of sp³-hybridized carbons (Fsp3) is 0.237. The summed E-state index contributed by atoms with van der Waals surface area (Å²) in [6, 6.07) is 9.00. The number of anilines is 1. The summed E-state index contributed by atoms with van der Waals surface area (Å²) in [5.74, 6) is -3.98. The van der Waals surface area contributed by atoms with E-state index in [1.807, 2.05) is 0 Å². The van der Waals surface area contributed by atoms with Gasteiger partial charge in [0.2, 0.25) is 15.9 Å². The highest BCUT2D eigenvalue weighted by Crippen LogP contribution is 2.37. The molecule has 2 N–H and O–H groups in total. The van der Waals surface area contributed by atoms with Gasteiger partial charge in [-0.25, -0.2) is 32.2 Å². The standard InChI is InChI=1S/C38H29ClF8N10O4S/c1-17-9-18(2)49-33(48-17)20-5-6-23-25(13-20)51-35(57(36(23)59)27-8-7-24(39)31-32(27)55(3)53-34(31)54-62(4,60)61)26(12-19-10-21(40)14-22(41)11-19)50-30(58)16-56-29(38(45,46)47)15-28(52-56)37(42,43)44/h5-11,13-15,26H,12,16H2,1-4H3,(H,50,58)(H,53,54)/t26-/m0/s1. The van der Waals surface area contributed by atoms with E-state index in [4.69, 9.17) is 16.6 Å². The van der Waals surface area contributed by atoms with Gasteiger partial charge in [-0.1, -0.05) is 17.7 Å². The first-order chi connectivity index (χ1) is 28.9. The number of amides is 1. The maximum absolute atomic E-state index is 14.9. The van der Waals surface area contributed by atoms with E-state index in [1.54, 1.807) is 19.9 Å². The van der Waals surface area contributed by atoms with Crippen molar-refractivity contribution in [1.29, 1.82) is 0 Å². The number of hydrogen-bond donors (Lipinski definition) is 2. The summed E-state index contributed by atoms with van der Waals surface area (Å²) in [7, 11) is -2.58. The van der Waals surface area contributed by atoms with Crippen LogP contribution in [-0.4, -0.2) is 59.7 Å². The lowest BCUT2D eigenvalue weighted by Gasteiger charge is -2.24. The first-order valence-electron chi connectivity index (χ1n) is 17.9. The number of alkyl halides is 6. The lowest BCUT2D eigenvalue weighted by atomic mass is 10.0. The van der Waals surface area contributed by atoms with Gasteiger partial charge in [0.05, 0.1) is 44.8 Å². The molecule has 4 aromatic heterocycles. The molecule has 0 spiro atoms. The SMILES string of the molecule is Cc1cc(C)nc(-c2ccc3c(=O)n(-c4ccc(Cl)c5c(NS(C)(=O)=O)nn(C)c45)c([C@H](Cc4cc(F)cc(F)c4)NC(=O)Cn4nc(C(F)(F)F)cc4C(F)(F)F)nc3c2)n1. The summed E-state index contributed by atoms with van der Waals surface area (Å²) in [5, 5.41) is 9.50. The fourth-order valence-electron chi connectivity index (χ4n) is 6.90. The molecule has 0 radical (unpaired) electrons. The minimum atomic E-state index is -5.40. The Morgan fingerprint density at radius 2 is 1.53 bits per heavy atom. The number of benzene rings is 3. The predicted octanol–water partition coefficient (Wildman–Crippen LogP) is 6.98. The number of nitrogens with one attached hydrogen (secondary N) is 2. The van der Waals surface area contributed by atoms with Crippen molar-refractivity contribution in [3.05, 3.63) is 122 Å². The van der Waals surface area contributed by atoms with Crippen LogP contribution in [0.4, 0.5) is 40.9 Å². The number of nitrogens with zero attached hydrogens (tertiary/aromatic N) is 8. The van der Waals surface area contributed by atoms with E-state index in [9.17, 15) is 53.1 Å². The van der Waals surface area contributed by atoms with Crippen molar-refractivity contribution in [2.75, 3.05) is 11.0 Å². The van der Waals surface area contributed by atoms with Gasteiger partial charge in [-0.2, -0.15) is 36.5 Å². The third-order valence-electron chi connectivity index (χ3n) is 9.24. The number of halogens is 9. The monoisotopic (exact) mass is 908 g/mol. The topological polar surface area (TPSA) is 172 Å². The molecule has 4 heterocycles. The molecule has 24 heteroatoms. The lowest BCUT2D eigenvalue weighted by molar-refractivity contribution is -0.145. The first kappa shape index (κ1) is 43.6. The average molecular weight is 909 g/mol. The summed E-state index contributed by atoms with van der Waals surface area (Å²) in [6.45, 7) is 1.99. The second kappa shape index (κ2) is 15.8. The van der Waals surface area contributed by atoms with Crippen molar-refractivity contribution in [2.45, 2.75) is 45.2 Å². The zero-order valence-electron chi connectivity index (χ0n) is 32.3. The molecule has 0 saturated heterocycles. The van der Waals surface area contributed by atoms with Crippen molar-refractivity contribution in [3.8, 4) is 17.1 Å². The van der Waals surface area contributed by atoms with Gasteiger partial charge in [0, 0.05) is 42.6 Å². The molecule has 0 bridgehead atoms. The van der Waals surface area contributed by atoms with Crippen LogP contribution in [0.3, 0.4) is 0 Å². The zero-order valence-corrected chi connectivity index (χ0v) is 33.9. The summed E-state index contributed by atoms with van der Waals surface area (Å²) in [5.41, 5.74) is -3.44. The molecular formula is C38H29ClF8N10O4S. The molecule has 1 atom stereocenters. The molecule has 324 valence electrons. The predicted molar refractivity (Wildman–Crippen MR) is 209 cm³/mol. The molecule has 0 aliphatic carbocycles. The molecule has 7 rings (SSSR count). The van der Waals surface area contributed by atoms with Crippen molar-refractivity contribution in [2.24, 2.45) is 7.05 Å². The second-order valence-electron chi connectivity index (χ2n) is 14.1.